The number of rotatable bonds is 7. The lowest BCUT2D eigenvalue weighted by atomic mass is 9.44. The number of ketones is 1. The first kappa shape index (κ1) is 30.1. The van der Waals surface area contributed by atoms with Crippen LogP contribution in [0, 0.1) is 46.3 Å². The fourth-order valence-electron chi connectivity index (χ4n) is 9.89. The summed E-state index contributed by atoms with van der Waals surface area (Å²) in [6.07, 6.45) is 5.59. The van der Waals surface area contributed by atoms with Gasteiger partial charge in [-0.05, 0) is 86.0 Å². The van der Waals surface area contributed by atoms with Gasteiger partial charge in [-0.25, -0.2) is 0 Å². The molecule has 11 atom stereocenters. The van der Waals surface area contributed by atoms with Crippen LogP contribution in [0.2, 0.25) is 0 Å². The molecule has 5 rings (SSSR count). The Morgan fingerprint density at radius 2 is 1.66 bits per heavy atom. The van der Waals surface area contributed by atoms with Crippen LogP contribution < -0.4 is 0 Å². The maximum atomic E-state index is 14.3. The second-order valence-corrected chi connectivity index (χ2v) is 14.2. The lowest BCUT2D eigenvalue weighted by molar-refractivity contribution is -0.195. The Kier molecular flexibility index (Phi) is 8.10. The molecular formula is C33H48O8. The van der Waals surface area contributed by atoms with Crippen LogP contribution in [0.15, 0.2) is 11.3 Å². The number of hydrogen-bond donors (Lipinski definition) is 0. The first-order valence-electron chi connectivity index (χ1n) is 15.6. The number of hydrogen-bond acceptors (Lipinski definition) is 8. The molecule has 4 fully saturated rings. The van der Waals surface area contributed by atoms with Gasteiger partial charge in [0.1, 0.15) is 24.1 Å². The predicted molar refractivity (Wildman–Crippen MR) is 150 cm³/mol. The standard InChI is InChI=1S/C33H48O8/c1-17(16-38-19(3)34)8-11-26-18(2)31-28(41-26)13-25-23-10-9-22-12-27(39-20(4)35)29(40-21(5)36)15-32(22,6)24(23)14-30(37)33(25,31)7/h17,22-25,27-29,31H,8-16H2,1-7H3. The molecule has 8 heteroatoms. The van der Waals surface area contributed by atoms with Crippen molar-refractivity contribution in [1.29, 1.82) is 0 Å². The summed E-state index contributed by atoms with van der Waals surface area (Å²) in [6.45, 7) is 13.4. The van der Waals surface area contributed by atoms with E-state index in [0.29, 0.717) is 43.5 Å². The van der Waals surface area contributed by atoms with Gasteiger partial charge in [-0.15, -0.1) is 0 Å². The molecule has 8 nitrogen and oxygen atoms in total. The molecular weight excluding hydrogens is 524 g/mol. The van der Waals surface area contributed by atoms with E-state index in [9.17, 15) is 19.2 Å². The minimum atomic E-state index is -0.484. The normalized spacial score (nSPS) is 41.8. The van der Waals surface area contributed by atoms with E-state index in [1.54, 1.807) is 0 Å². The van der Waals surface area contributed by atoms with Gasteiger partial charge in [0.05, 0.1) is 12.4 Å². The van der Waals surface area contributed by atoms with Crippen LogP contribution in [0.1, 0.15) is 99.8 Å². The Morgan fingerprint density at radius 1 is 0.976 bits per heavy atom. The Morgan fingerprint density at radius 3 is 2.32 bits per heavy atom. The van der Waals surface area contributed by atoms with E-state index >= 15 is 0 Å². The predicted octanol–water partition coefficient (Wildman–Crippen LogP) is 5.56. The largest absolute Gasteiger partial charge is 0.494 e. The number of ether oxygens (including phenoxy) is 4. The molecule has 228 valence electrons. The molecule has 1 aliphatic heterocycles. The topological polar surface area (TPSA) is 105 Å². The highest BCUT2D eigenvalue weighted by Crippen LogP contribution is 2.69. The number of Topliss-reactive ketones (excluding diaryl/α,β-unsaturated/α-hetero) is 1. The fourth-order valence-corrected chi connectivity index (χ4v) is 9.89. The third kappa shape index (κ3) is 5.22. The first-order chi connectivity index (χ1) is 19.2. The second kappa shape index (κ2) is 11.0. The summed E-state index contributed by atoms with van der Waals surface area (Å²) < 4.78 is 23.2. The summed E-state index contributed by atoms with van der Waals surface area (Å²) >= 11 is 0. The van der Waals surface area contributed by atoms with Gasteiger partial charge < -0.3 is 18.9 Å². The molecule has 0 saturated heterocycles. The van der Waals surface area contributed by atoms with Crippen molar-refractivity contribution < 1.29 is 38.1 Å². The van der Waals surface area contributed by atoms with Crippen LogP contribution in [0.5, 0.6) is 0 Å². The summed E-state index contributed by atoms with van der Waals surface area (Å²) in [5.41, 5.74) is 0.626. The summed E-state index contributed by atoms with van der Waals surface area (Å²) in [6, 6.07) is 0. The third-order valence-corrected chi connectivity index (χ3v) is 11.8. The van der Waals surface area contributed by atoms with Crippen LogP contribution in [-0.2, 0) is 38.1 Å². The van der Waals surface area contributed by atoms with E-state index < -0.39 is 17.6 Å². The Labute approximate surface area is 244 Å². The van der Waals surface area contributed by atoms with Gasteiger partial charge in [-0.3, -0.25) is 19.2 Å². The molecule has 41 heavy (non-hydrogen) atoms. The van der Waals surface area contributed by atoms with Gasteiger partial charge in [0.15, 0.2) is 0 Å². The molecule has 1 heterocycles. The molecule has 0 N–H and O–H groups in total. The van der Waals surface area contributed by atoms with Gasteiger partial charge in [0.25, 0.3) is 0 Å². The van der Waals surface area contributed by atoms with Crippen molar-refractivity contribution in [3.05, 3.63) is 11.3 Å². The Balaban J connectivity index is 1.34. The van der Waals surface area contributed by atoms with Crippen molar-refractivity contribution >= 4 is 23.7 Å². The molecule has 0 spiro atoms. The average molecular weight is 573 g/mol. The Bertz CT molecular complexity index is 1130. The number of esters is 3. The van der Waals surface area contributed by atoms with Crippen molar-refractivity contribution in [3.63, 3.8) is 0 Å². The maximum absolute atomic E-state index is 14.3. The fraction of sp³-hybridized carbons (Fsp3) is 0.818. The number of carbonyl (C=O) groups is 4. The highest BCUT2D eigenvalue weighted by atomic mass is 16.6. The van der Waals surface area contributed by atoms with Crippen LogP contribution in [0.25, 0.3) is 0 Å². The maximum Gasteiger partial charge on any atom is 0.303 e. The minimum absolute atomic E-state index is 0.0329. The van der Waals surface area contributed by atoms with Gasteiger partial charge >= 0.3 is 17.9 Å². The van der Waals surface area contributed by atoms with E-state index in [1.165, 1.54) is 26.3 Å². The van der Waals surface area contributed by atoms with Crippen molar-refractivity contribution in [2.24, 2.45) is 46.3 Å². The van der Waals surface area contributed by atoms with Crippen LogP contribution in [0.3, 0.4) is 0 Å². The van der Waals surface area contributed by atoms with E-state index in [4.69, 9.17) is 18.9 Å². The lowest BCUT2D eigenvalue weighted by Gasteiger charge is -2.61. The van der Waals surface area contributed by atoms with E-state index in [-0.39, 0.29) is 53.1 Å². The molecule has 4 aliphatic carbocycles. The minimum Gasteiger partial charge on any atom is -0.494 e. The molecule has 0 radical (unpaired) electrons. The molecule has 0 aromatic heterocycles. The Hall–Kier alpha value is -2.38. The summed E-state index contributed by atoms with van der Waals surface area (Å²) in [5, 5.41) is 0. The van der Waals surface area contributed by atoms with Gasteiger partial charge in [0.2, 0.25) is 0 Å². The van der Waals surface area contributed by atoms with Gasteiger partial charge in [-0.1, -0.05) is 20.8 Å². The SMILES string of the molecule is CC(=O)OCC(C)CCC1=C(C)C2C(CC3C4CCC5CC(OC(C)=O)C(OC(C)=O)CC5(C)C4CC(=O)C32C)O1. The molecule has 0 amide bonds. The van der Waals surface area contributed by atoms with E-state index in [2.05, 4.69) is 27.7 Å². The summed E-state index contributed by atoms with van der Waals surface area (Å²) in [5.74, 6) is 1.95. The van der Waals surface area contributed by atoms with Crippen LogP contribution in [-0.4, -0.2) is 48.6 Å². The highest BCUT2D eigenvalue weighted by Gasteiger charge is 2.68. The first-order valence-corrected chi connectivity index (χ1v) is 15.6. The van der Waals surface area contributed by atoms with Crippen molar-refractivity contribution in [2.75, 3.05) is 6.61 Å². The van der Waals surface area contributed by atoms with Crippen LogP contribution in [0.4, 0.5) is 0 Å². The zero-order chi connectivity index (χ0) is 29.9. The van der Waals surface area contributed by atoms with Gasteiger partial charge in [0, 0.05) is 44.9 Å². The molecule has 0 aromatic rings. The molecule has 4 saturated carbocycles. The molecule has 5 aliphatic rings. The zero-order valence-electron chi connectivity index (χ0n) is 25.8. The number of carbonyl (C=O) groups excluding carboxylic acids is 4. The molecule has 0 bridgehead atoms. The van der Waals surface area contributed by atoms with E-state index in [0.717, 1.165) is 37.9 Å². The zero-order valence-corrected chi connectivity index (χ0v) is 25.8. The third-order valence-electron chi connectivity index (χ3n) is 11.8. The molecule has 11 unspecified atom stereocenters. The lowest BCUT2D eigenvalue weighted by Crippen LogP contribution is -2.59. The quantitative estimate of drug-likeness (QED) is 0.288. The summed E-state index contributed by atoms with van der Waals surface area (Å²) in [4.78, 5) is 49.3. The number of fused-ring (bicyclic) bond motifs is 7. The highest BCUT2D eigenvalue weighted by molar-refractivity contribution is 5.87. The van der Waals surface area contributed by atoms with E-state index in [1.807, 2.05) is 0 Å². The smallest absolute Gasteiger partial charge is 0.303 e. The van der Waals surface area contributed by atoms with Crippen molar-refractivity contribution in [2.45, 2.75) is 118 Å². The van der Waals surface area contributed by atoms with Crippen molar-refractivity contribution in [1.82, 2.24) is 0 Å². The summed E-state index contributed by atoms with van der Waals surface area (Å²) in [7, 11) is 0. The van der Waals surface area contributed by atoms with Crippen molar-refractivity contribution in [3.8, 4) is 0 Å². The van der Waals surface area contributed by atoms with Crippen LogP contribution >= 0.6 is 0 Å². The number of allylic oxidation sites excluding steroid dienone is 1. The van der Waals surface area contributed by atoms with Gasteiger partial charge in [-0.2, -0.15) is 0 Å². The molecule has 0 aromatic carbocycles. The monoisotopic (exact) mass is 572 g/mol. The average Bonchev–Trinajstić information content (AvgIpc) is 3.36. The second-order valence-electron chi connectivity index (χ2n) is 14.2.